The van der Waals surface area contributed by atoms with Gasteiger partial charge in [-0.15, -0.1) is 5.10 Å². The Kier molecular flexibility index (Phi) is 3.89. The Bertz CT molecular complexity index is 995. The molecule has 0 bridgehead atoms. The average Bonchev–Trinajstić information content (AvgIpc) is 3.21. The standard InChI is InChI=1S/C16H13IN6O/c1-22-15-7-13(3-4-14(15)20-21-22)24-16-5-2-12(17)6-11(16)8-23-10-18-9-19-23/h2-7,9-10H,8H2,1H3. The average molecular weight is 432 g/mol. The second-order valence-corrected chi connectivity index (χ2v) is 6.56. The highest BCUT2D eigenvalue weighted by Crippen LogP contribution is 2.29. The van der Waals surface area contributed by atoms with Crippen LogP contribution in [0, 0.1) is 3.57 Å². The first-order valence-corrected chi connectivity index (χ1v) is 8.35. The van der Waals surface area contributed by atoms with Gasteiger partial charge >= 0.3 is 0 Å². The molecule has 0 fully saturated rings. The molecule has 0 saturated heterocycles. The number of benzene rings is 2. The van der Waals surface area contributed by atoms with E-state index in [0.717, 1.165) is 31.7 Å². The molecule has 120 valence electrons. The summed E-state index contributed by atoms with van der Waals surface area (Å²) in [6.07, 6.45) is 3.22. The summed E-state index contributed by atoms with van der Waals surface area (Å²) >= 11 is 2.29. The summed E-state index contributed by atoms with van der Waals surface area (Å²) in [6.45, 7) is 0.599. The molecule has 0 N–H and O–H groups in total. The Balaban J connectivity index is 1.68. The Hall–Kier alpha value is -2.49. The third kappa shape index (κ3) is 2.96. The maximum atomic E-state index is 6.11. The van der Waals surface area contributed by atoms with Gasteiger partial charge in [-0.25, -0.2) is 14.3 Å². The Morgan fingerprint density at radius 2 is 2.08 bits per heavy atom. The van der Waals surface area contributed by atoms with Crippen molar-refractivity contribution in [3.05, 3.63) is 58.2 Å². The summed E-state index contributed by atoms with van der Waals surface area (Å²) in [4.78, 5) is 3.98. The third-order valence-electron chi connectivity index (χ3n) is 3.63. The number of hydrogen-bond acceptors (Lipinski definition) is 5. The number of nitrogens with zero attached hydrogens (tertiary/aromatic N) is 6. The molecule has 2 aromatic carbocycles. The van der Waals surface area contributed by atoms with E-state index in [-0.39, 0.29) is 0 Å². The lowest BCUT2D eigenvalue weighted by Crippen LogP contribution is -2.02. The van der Waals surface area contributed by atoms with Gasteiger partial charge < -0.3 is 4.74 Å². The molecule has 0 aliphatic carbocycles. The second-order valence-electron chi connectivity index (χ2n) is 5.31. The molecule has 24 heavy (non-hydrogen) atoms. The van der Waals surface area contributed by atoms with Crippen LogP contribution in [-0.4, -0.2) is 29.8 Å². The molecule has 0 saturated carbocycles. The number of halogens is 1. The highest BCUT2D eigenvalue weighted by atomic mass is 127. The zero-order valence-corrected chi connectivity index (χ0v) is 15.0. The van der Waals surface area contributed by atoms with E-state index in [1.165, 1.54) is 6.33 Å². The monoisotopic (exact) mass is 432 g/mol. The van der Waals surface area contributed by atoms with Gasteiger partial charge in [0.05, 0.1) is 12.1 Å². The minimum Gasteiger partial charge on any atom is -0.457 e. The Morgan fingerprint density at radius 3 is 2.92 bits per heavy atom. The van der Waals surface area contributed by atoms with Crippen molar-refractivity contribution in [2.75, 3.05) is 0 Å². The van der Waals surface area contributed by atoms with Gasteiger partial charge in [-0.1, -0.05) is 5.21 Å². The maximum absolute atomic E-state index is 6.11. The molecule has 0 aliphatic heterocycles. The fourth-order valence-electron chi connectivity index (χ4n) is 2.46. The van der Waals surface area contributed by atoms with Crippen LogP contribution >= 0.6 is 22.6 Å². The van der Waals surface area contributed by atoms with Gasteiger partial charge in [-0.2, -0.15) is 5.10 Å². The number of fused-ring (bicyclic) bond motifs is 1. The summed E-state index contributed by atoms with van der Waals surface area (Å²) in [5.41, 5.74) is 2.81. The van der Waals surface area contributed by atoms with Crippen molar-refractivity contribution in [3.63, 3.8) is 0 Å². The lowest BCUT2D eigenvalue weighted by molar-refractivity contribution is 0.472. The second kappa shape index (κ2) is 6.19. The van der Waals surface area contributed by atoms with Crippen molar-refractivity contribution in [2.45, 2.75) is 6.54 Å². The molecule has 0 unspecified atom stereocenters. The van der Waals surface area contributed by atoms with Crippen LogP contribution in [0.5, 0.6) is 11.5 Å². The largest absolute Gasteiger partial charge is 0.457 e. The van der Waals surface area contributed by atoms with Crippen molar-refractivity contribution in [1.82, 2.24) is 29.8 Å². The fourth-order valence-corrected chi connectivity index (χ4v) is 3.02. The highest BCUT2D eigenvalue weighted by molar-refractivity contribution is 14.1. The van der Waals surface area contributed by atoms with Gasteiger partial charge in [0.15, 0.2) is 0 Å². The van der Waals surface area contributed by atoms with Gasteiger partial charge in [0.1, 0.15) is 29.7 Å². The number of aryl methyl sites for hydroxylation is 1. The van der Waals surface area contributed by atoms with Gasteiger partial charge in [-0.3, -0.25) is 0 Å². The molecule has 0 radical (unpaired) electrons. The van der Waals surface area contributed by atoms with Crippen LogP contribution in [0.2, 0.25) is 0 Å². The Morgan fingerprint density at radius 1 is 1.17 bits per heavy atom. The number of hydrogen-bond donors (Lipinski definition) is 0. The summed E-state index contributed by atoms with van der Waals surface area (Å²) < 4.78 is 10.8. The zero-order valence-electron chi connectivity index (χ0n) is 12.8. The first-order valence-electron chi connectivity index (χ1n) is 7.27. The van der Waals surface area contributed by atoms with E-state index in [0.29, 0.717) is 6.54 Å². The first kappa shape index (κ1) is 15.1. The quantitative estimate of drug-likeness (QED) is 0.464. The molecule has 0 atom stereocenters. The molecular formula is C16H13IN6O. The van der Waals surface area contributed by atoms with Crippen molar-refractivity contribution >= 4 is 33.6 Å². The summed E-state index contributed by atoms with van der Waals surface area (Å²) in [5, 5.41) is 12.3. The van der Waals surface area contributed by atoms with Gasteiger partial charge in [0.25, 0.3) is 0 Å². The van der Waals surface area contributed by atoms with E-state index in [2.05, 4.69) is 49.1 Å². The molecular weight excluding hydrogens is 419 g/mol. The van der Waals surface area contributed by atoms with Gasteiger partial charge in [0.2, 0.25) is 0 Å². The van der Waals surface area contributed by atoms with Crippen LogP contribution in [-0.2, 0) is 13.6 Å². The Labute approximate surface area is 151 Å². The lowest BCUT2D eigenvalue weighted by Gasteiger charge is -2.12. The van der Waals surface area contributed by atoms with Crippen molar-refractivity contribution in [2.24, 2.45) is 7.05 Å². The number of rotatable bonds is 4. The SMILES string of the molecule is Cn1nnc2ccc(Oc3ccc(I)cc3Cn3cncn3)cc21. The van der Waals surface area contributed by atoms with Crippen LogP contribution < -0.4 is 4.74 Å². The maximum Gasteiger partial charge on any atom is 0.137 e. The molecule has 8 heteroatoms. The minimum absolute atomic E-state index is 0.599. The van der Waals surface area contributed by atoms with Gasteiger partial charge in [0, 0.05) is 22.2 Å². The van der Waals surface area contributed by atoms with E-state index in [4.69, 9.17) is 4.74 Å². The third-order valence-corrected chi connectivity index (χ3v) is 4.30. The van der Waals surface area contributed by atoms with Crippen LogP contribution in [0.25, 0.3) is 11.0 Å². The molecule has 0 spiro atoms. The lowest BCUT2D eigenvalue weighted by atomic mass is 10.2. The van der Waals surface area contributed by atoms with Crippen LogP contribution in [0.1, 0.15) is 5.56 Å². The van der Waals surface area contributed by atoms with E-state index >= 15 is 0 Å². The topological polar surface area (TPSA) is 70.7 Å². The molecule has 2 aromatic heterocycles. The van der Waals surface area contributed by atoms with Crippen LogP contribution in [0.3, 0.4) is 0 Å². The first-order chi connectivity index (χ1) is 11.7. The van der Waals surface area contributed by atoms with Crippen LogP contribution in [0.15, 0.2) is 49.1 Å². The van der Waals surface area contributed by atoms with E-state index in [1.54, 1.807) is 15.7 Å². The zero-order chi connectivity index (χ0) is 16.5. The molecule has 4 aromatic rings. The normalized spacial score (nSPS) is 11.1. The number of aromatic nitrogens is 6. The molecule has 4 rings (SSSR count). The van der Waals surface area contributed by atoms with Gasteiger partial charge in [-0.05, 0) is 52.9 Å². The van der Waals surface area contributed by atoms with E-state index in [1.807, 2.05) is 37.4 Å². The minimum atomic E-state index is 0.599. The molecule has 0 amide bonds. The number of ether oxygens (including phenoxy) is 1. The molecule has 7 nitrogen and oxygen atoms in total. The predicted molar refractivity (Wildman–Crippen MR) is 96.9 cm³/mol. The van der Waals surface area contributed by atoms with Crippen molar-refractivity contribution < 1.29 is 4.74 Å². The van der Waals surface area contributed by atoms with E-state index in [9.17, 15) is 0 Å². The molecule has 0 aliphatic rings. The molecule has 2 heterocycles. The summed E-state index contributed by atoms with van der Waals surface area (Å²) in [7, 11) is 1.86. The fraction of sp³-hybridized carbons (Fsp3) is 0.125. The smallest absolute Gasteiger partial charge is 0.137 e. The highest BCUT2D eigenvalue weighted by Gasteiger charge is 2.09. The predicted octanol–water partition coefficient (Wildman–Crippen LogP) is 3.01. The van der Waals surface area contributed by atoms with Crippen molar-refractivity contribution in [1.29, 1.82) is 0 Å². The van der Waals surface area contributed by atoms with E-state index < -0.39 is 0 Å². The van der Waals surface area contributed by atoms with Crippen LogP contribution in [0.4, 0.5) is 0 Å². The van der Waals surface area contributed by atoms with Crippen molar-refractivity contribution in [3.8, 4) is 11.5 Å². The summed E-state index contributed by atoms with van der Waals surface area (Å²) in [6, 6.07) is 11.8. The summed E-state index contributed by atoms with van der Waals surface area (Å²) in [5.74, 6) is 1.54.